The lowest BCUT2D eigenvalue weighted by atomic mass is 10.3. The van der Waals surface area contributed by atoms with E-state index in [2.05, 4.69) is 10.1 Å². The standard InChI is InChI=1S/C11H13NO4S/c1-3-16-11(14)10(13)12-8-5-4-6-9(7-8)17(2)15/h4-7H,3H2,1-2H3,(H,12,13). The highest BCUT2D eigenvalue weighted by molar-refractivity contribution is 7.84. The number of anilines is 1. The molecular weight excluding hydrogens is 242 g/mol. The van der Waals surface area contributed by atoms with Gasteiger partial charge in [0.1, 0.15) is 0 Å². The molecule has 0 saturated carbocycles. The fraction of sp³-hybridized carbons (Fsp3) is 0.273. The molecule has 0 spiro atoms. The van der Waals surface area contributed by atoms with Crippen molar-refractivity contribution in [2.45, 2.75) is 11.8 Å². The average Bonchev–Trinajstić information content (AvgIpc) is 2.29. The van der Waals surface area contributed by atoms with E-state index >= 15 is 0 Å². The molecule has 0 saturated heterocycles. The molecule has 0 fully saturated rings. The second-order valence-corrected chi connectivity index (χ2v) is 4.54. The maximum Gasteiger partial charge on any atom is 0.397 e. The van der Waals surface area contributed by atoms with E-state index in [-0.39, 0.29) is 6.61 Å². The summed E-state index contributed by atoms with van der Waals surface area (Å²) in [6, 6.07) is 6.48. The molecule has 0 radical (unpaired) electrons. The first-order chi connectivity index (χ1) is 8.04. The molecule has 1 amide bonds. The monoisotopic (exact) mass is 255 g/mol. The van der Waals surface area contributed by atoms with Crippen molar-refractivity contribution in [1.82, 2.24) is 0 Å². The highest BCUT2D eigenvalue weighted by Gasteiger charge is 2.14. The van der Waals surface area contributed by atoms with Crippen molar-refractivity contribution in [2.75, 3.05) is 18.2 Å². The largest absolute Gasteiger partial charge is 0.459 e. The molecule has 1 aromatic rings. The van der Waals surface area contributed by atoms with Crippen LogP contribution in [0.2, 0.25) is 0 Å². The van der Waals surface area contributed by atoms with Crippen LogP contribution in [0.3, 0.4) is 0 Å². The van der Waals surface area contributed by atoms with Gasteiger partial charge in [-0.05, 0) is 25.1 Å². The molecule has 1 unspecified atom stereocenters. The van der Waals surface area contributed by atoms with E-state index in [9.17, 15) is 13.8 Å². The van der Waals surface area contributed by atoms with Crippen molar-refractivity contribution in [3.8, 4) is 0 Å². The molecule has 0 aromatic heterocycles. The van der Waals surface area contributed by atoms with Crippen molar-refractivity contribution in [3.63, 3.8) is 0 Å². The predicted molar refractivity (Wildman–Crippen MR) is 64.0 cm³/mol. The molecule has 1 atom stereocenters. The zero-order chi connectivity index (χ0) is 12.8. The van der Waals surface area contributed by atoms with Gasteiger partial charge in [-0.2, -0.15) is 0 Å². The zero-order valence-electron chi connectivity index (χ0n) is 9.56. The molecule has 6 heteroatoms. The van der Waals surface area contributed by atoms with E-state index in [1.165, 1.54) is 6.26 Å². The number of carbonyl (C=O) groups is 2. The van der Waals surface area contributed by atoms with Crippen LogP contribution >= 0.6 is 0 Å². The molecule has 0 bridgehead atoms. The second kappa shape index (κ2) is 6.15. The van der Waals surface area contributed by atoms with Crippen LogP contribution in [0.25, 0.3) is 0 Å². The molecule has 1 rings (SSSR count). The maximum absolute atomic E-state index is 11.3. The number of nitrogens with one attached hydrogen (secondary N) is 1. The molecule has 0 aliphatic heterocycles. The number of ether oxygens (including phenoxy) is 1. The van der Waals surface area contributed by atoms with Crippen LogP contribution in [0.5, 0.6) is 0 Å². The van der Waals surface area contributed by atoms with Crippen molar-refractivity contribution in [2.24, 2.45) is 0 Å². The first kappa shape index (κ1) is 13.4. The van der Waals surface area contributed by atoms with Gasteiger partial charge in [-0.25, -0.2) is 4.79 Å². The highest BCUT2D eigenvalue weighted by Crippen LogP contribution is 2.13. The van der Waals surface area contributed by atoms with Crippen LogP contribution in [0.1, 0.15) is 6.92 Å². The summed E-state index contributed by atoms with van der Waals surface area (Å²) < 4.78 is 15.8. The van der Waals surface area contributed by atoms with Gasteiger partial charge in [-0.1, -0.05) is 6.07 Å². The minimum atomic E-state index is -1.14. The van der Waals surface area contributed by atoms with Gasteiger partial charge < -0.3 is 10.1 Å². The van der Waals surface area contributed by atoms with Gasteiger partial charge in [-0.15, -0.1) is 0 Å². The Kier molecular flexibility index (Phi) is 4.84. The SMILES string of the molecule is CCOC(=O)C(=O)Nc1cccc(S(C)=O)c1. The Bertz CT molecular complexity index is 459. The average molecular weight is 255 g/mol. The summed E-state index contributed by atoms with van der Waals surface area (Å²) in [6.45, 7) is 1.76. The lowest BCUT2D eigenvalue weighted by molar-refractivity contribution is -0.152. The second-order valence-electron chi connectivity index (χ2n) is 3.16. The van der Waals surface area contributed by atoms with Gasteiger partial charge in [0, 0.05) is 27.6 Å². The minimum absolute atomic E-state index is 0.144. The Balaban J connectivity index is 2.75. The molecule has 1 N–H and O–H groups in total. The molecule has 0 aliphatic carbocycles. The molecule has 92 valence electrons. The summed E-state index contributed by atoms with van der Waals surface area (Å²) >= 11 is 0. The van der Waals surface area contributed by atoms with Crippen molar-refractivity contribution < 1.29 is 18.5 Å². The summed E-state index contributed by atoms with van der Waals surface area (Å²) in [5.74, 6) is -1.78. The number of esters is 1. The molecule has 0 aliphatic rings. The third kappa shape index (κ3) is 3.99. The van der Waals surface area contributed by atoms with E-state index in [1.54, 1.807) is 31.2 Å². The quantitative estimate of drug-likeness (QED) is 0.644. The summed E-state index contributed by atoms with van der Waals surface area (Å²) in [5.41, 5.74) is 0.413. The zero-order valence-corrected chi connectivity index (χ0v) is 10.4. The van der Waals surface area contributed by atoms with Crippen LogP contribution in [-0.2, 0) is 25.1 Å². The first-order valence-corrected chi connectivity index (χ1v) is 6.52. The maximum atomic E-state index is 11.3. The van der Waals surface area contributed by atoms with E-state index in [0.29, 0.717) is 10.6 Å². The smallest absolute Gasteiger partial charge is 0.397 e. The Labute approximate surface area is 102 Å². The fourth-order valence-electron chi connectivity index (χ4n) is 1.13. The molecule has 17 heavy (non-hydrogen) atoms. The van der Waals surface area contributed by atoms with Crippen LogP contribution in [0, 0.1) is 0 Å². The number of benzene rings is 1. The molecule has 0 heterocycles. The number of amides is 1. The van der Waals surface area contributed by atoms with E-state index in [1.807, 2.05) is 0 Å². The lowest BCUT2D eigenvalue weighted by Gasteiger charge is -2.05. The van der Waals surface area contributed by atoms with Crippen molar-refractivity contribution >= 4 is 28.4 Å². The minimum Gasteiger partial charge on any atom is -0.459 e. The van der Waals surface area contributed by atoms with E-state index in [0.717, 1.165) is 0 Å². The van der Waals surface area contributed by atoms with Gasteiger partial charge in [0.25, 0.3) is 0 Å². The van der Waals surface area contributed by atoms with Crippen molar-refractivity contribution in [1.29, 1.82) is 0 Å². The third-order valence-electron chi connectivity index (χ3n) is 1.88. The number of hydrogen-bond acceptors (Lipinski definition) is 4. The molecule has 5 nitrogen and oxygen atoms in total. The third-order valence-corrected chi connectivity index (χ3v) is 2.80. The van der Waals surface area contributed by atoms with Crippen LogP contribution in [0.4, 0.5) is 5.69 Å². The summed E-state index contributed by atoms with van der Waals surface area (Å²) in [4.78, 5) is 23.0. The van der Waals surface area contributed by atoms with Gasteiger partial charge in [0.05, 0.1) is 6.61 Å². The molecule has 1 aromatic carbocycles. The van der Waals surface area contributed by atoms with Gasteiger partial charge >= 0.3 is 11.9 Å². The number of hydrogen-bond donors (Lipinski definition) is 1. The Morgan fingerprint density at radius 2 is 2.12 bits per heavy atom. The van der Waals surface area contributed by atoms with Gasteiger partial charge in [0.2, 0.25) is 0 Å². The van der Waals surface area contributed by atoms with E-state index in [4.69, 9.17) is 0 Å². The van der Waals surface area contributed by atoms with E-state index < -0.39 is 22.7 Å². The summed E-state index contributed by atoms with van der Waals surface area (Å²) in [6.07, 6.45) is 1.53. The van der Waals surface area contributed by atoms with Crippen LogP contribution in [-0.4, -0.2) is 28.9 Å². The summed E-state index contributed by atoms with van der Waals surface area (Å²) in [7, 11) is -1.14. The van der Waals surface area contributed by atoms with Crippen LogP contribution in [0.15, 0.2) is 29.2 Å². The number of carbonyl (C=O) groups excluding carboxylic acids is 2. The highest BCUT2D eigenvalue weighted by atomic mass is 32.2. The molecular formula is C11H13NO4S. The summed E-state index contributed by atoms with van der Waals surface area (Å²) in [5, 5.41) is 2.37. The fourth-order valence-corrected chi connectivity index (χ4v) is 1.69. The normalized spacial score (nSPS) is 11.6. The van der Waals surface area contributed by atoms with Gasteiger partial charge in [-0.3, -0.25) is 9.00 Å². The first-order valence-electron chi connectivity index (χ1n) is 4.96. The Morgan fingerprint density at radius 3 is 2.71 bits per heavy atom. The predicted octanol–water partition coefficient (Wildman–Crippen LogP) is 0.926. The number of rotatable bonds is 3. The topological polar surface area (TPSA) is 72.5 Å². The van der Waals surface area contributed by atoms with Gasteiger partial charge in [0.15, 0.2) is 0 Å². The van der Waals surface area contributed by atoms with Crippen LogP contribution < -0.4 is 5.32 Å². The Hall–Kier alpha value is -1.69. The lowest BCUT2D eigenvalue weighted by Crippen LogP contribution is -2.25. The Morgan fingerprint density at radius 1 is 1.41 bits per heavy atom. The van der Waals surface area contributed by atoms with Crippen molar-refractivity contribution in [3.05, 3.63) is 24.3 Å².